The second-order valence-corrected chi connectivity index (χ2v) is 8.21. The lowest BCUT2D eigenvalue weighted by Crippen LogP contribution is -2.72. The second kappa shape index (κ2) is 4.97. The number of nitrogens with one attached hydrogen (secondary N) is 2. The lowest BCUT2D eigenvalue weighted by atomic mass is 9.46. The van der Waals surface area contributed by atoms with Gasteiger partial charge in [-0.05, 0) is 40.0 Å². The van der Waals surface area contributed by atoms with Crippen molar-refractivity contribution in [1.29, 1.82) is 0 Å². The Bertz CT molecular complexity index is 614. The van der Waals surface area contributed by atoms with E-state index in [9.17, 15) is 4.79 Å². The van der Waals surface area contributed by atoms with Gasteiger partial charge in [-0.3, -0.25) is 5.32 Å². The Morgan fingerprint density at radius 2 is 2.22 bits per heavy atom. The molecule has 1 aromatic heterocycles. The van der Waals surface area contributed by atoms with Gasteiger partial charge in [0.25, 0.3) is 0 Å². The van der Waals surface area contributed by atoms with Gasteiger partial charge in [-0.15, -0.1) is 0 Å². The third-order valence-corrected chi connectivity index (χ3v) is 5.84. The highest BCUT2D eigenvalue weighted by molar-refractivity contribution is 5.88. The van der Waals surface area contributed by atoms with Crippen molar-refractivity contribution in [2.45, 2.75) is 64.1 Å². The molecule has 1 saturated heterocycles. The molecule has 0 radical (unpaired) electrons. The van der Waals surface area contributed by atoms with Crippen LogP contribution in [-0.4, -0.2) is 34.6 Å². The molecule has 23 heavy (non-hydrogen) atoms. The molecule has 2 aliphatic carbocycles. The van der Waals surface area contributed by atoms with Gasteiger partial charge >= 0.3 is 6.03 Å². The molecule has 1 spiro atoms. The molecule has 2 N–H and O–H groups in total. The molecule has 1 aliphatic heterocycles. The Hall–Kier alpha value is -1.56. The Labute approximate surface area is 137 Å². The van der Waals surface area contributed by atoms with Crippen LogP contribution in [-0.2, 0) is 10.3 Å². The number of hydrogen-bond acceptors (Lipinski definition) is 3. The molecule has 2 saturated carbocycles. The fourth-order valence-electron chi connectivity index (χ4n) is 4.68. The summed E-state index contributed by atoms with van der Waals surface area (Å²) in [6.07, 6.45) is 6.78. The highest BCUT2D eigenvalue weighted by Gasteiger charge is 2.67. The van der Waals surface area contributed by atoms with Crippen LogP contribution in [0.4, 0.5) is 10.6 Å². The van der Waals surface area contributed by atoms with E-state index in [0.29, 0.717) is 12.0 Å². The van der Waals surface area contributed by atoms with Crippen molar-refractivity contribution in [2.24, 2.45) is 11.3 Å². The van der Waals surface area contributed by atoms with Crippen LogP contribution >= 0.6 is 0 Å². The van der Waals surface area contributed by atoms with E-state index in [0.717, 1.165) is 18.8 Å². The molecular weight excluding hydrogens is 292 g/mol. The maximum atomic E-state index is 12.5. The molecule has 3 aliphatic rings. The number of rotatable bonds is 2. The smallest absolute Gasteiger partial charge is 0.320 e. The SMILES string of the molecule is CC(C)(C)n1nccc1NC(=O)N[C@@H]1[C@@H]2CCO[C@@H]2C12CCC2. The Kier molecular flexibility index (Phi) is 3.24. The summed E-state index contributed by atoms with van der Waals surface area (Å²) < 4.78 is 7.75. The third-order valence-electron chi connectivity index (χ3n) is 5.84. The largest absolute Gasteiger partial charge is 0.377 e. The van der Waals surface area contributed by atoms with Crippen LogP contribution in [0.25, 0.3) is 0 Å². The predicted molar refractivity (Wildman–Crippen MR) is 87.3 cm³/mol. The van der Waals surface area contributed by atoms with E-state index >= 15 is 0 Å². The second-order valence-electron chi connectivity index (χ2n) is 8.21. The molecular formula is C17H26N4O2. The first-order chi connectivity index (χ1) is 10.9. The van der Waals surface area contributed by atoms with E-state index in [1.165, 1.54) is 19.3 Å². The van der Waals surface area contributed by atoms with Crippen LogP contribution in [0, 0.1) is 11.3 Å². The molecule has 6 nitrogen and oxygen atoms in total. The molecule has 4 rings (SSSR count). The van der Waals surface area contributed by atoms with Crippen molar-refractivity contribution in [3.8, 4) is 0 Å². The lowest BCUT2D eigenvalue weighted by molar-refractivity contribution is -0.171. The number of urea groups is 1. The van der Waals surface area contributed by atoms with Gasteiger partial charge in [-0.25, -0.2) is 9.48 Å². The van der Waals surface area contributed by atoms with Gasteiger partial charge < -0.3 is 10.1 Å². The minimum atomic E-state index is -0.165. The fraction of sp³-hybridized carbons (Fsp3) is 0.765. The first-order valence-corrected chi connectivity index (χ1v) is 8.65. The number of carbonyl (C=O) groups is 1. The maximum absolute atomic E-state index is 12.5. The predicted octanol–water partition coefficient (Wildman–Crippen LogP) is 2.72. The van der Waals surface area contributed by atoms with Gasteiger partial charge in [0.15, 0.2) is 0 Å². The summed E-state index contributed by atoms with van der Waals surface area (Å²) >= 11 is 0. The molecule has 1 aromatic rings. The summed E-state index contributed by atoms with van der Waals surface area (Å²) in [4.78, 5) is 12.5. The van der Waals surface area contributed by atoms with Crippen molar-refractivity contribution in [3.05, 3.63) is 12.3 Å². The summed E-state index contributed by atoms with van der Waals surface area (Å²) in [5.41, 5.74) is 0.0466. The number of fused-ring (bicyclic) bond motifs is 2. The van der Waals surface area contributed by atoms with E-state index in [1.54, 1.807) is 6.20 Å². The number of ether oxygens (including phenoxy) is 1. The number of aromatic nitrogens is 2. The van der Waals surface area contributed by atoms with Gasteiger partial charge in [0.05, 0.1) is 17.8 Å². The van der Waals surface area contributed by atoms with Crippen LogP contribution in [0.2, 0.25) is 0 Å². The topological polar surface area (TPSA) is 68.2 Å². The van der Waals surface area contributed by atoms with Crippen molar-refractivity contribution in [1.82, 2.24) is 15.1 Å². The summed E-state index contributed by atoms with van der Waals surface area (Å²) in [6, 6.07) is 1.97. The number of carbonyl (C=O) groups excluding carboxylic acids is 1. The summed E-state index contributed by atoms with van der Waals surface area (Å²) in [6.45, 7) is 7.05. The third kappa shape index (κ3) is 2.18. The lowest BCUT2D eigenvalue weighted by Gasteiger charge is -2.63. The summed E-state index contributed by atoms with van der Waals surface area (Å²) in [5.74, 6) is 1.23. The van der Waals surface area contributed by atoms with E-state index in [4.69, 9.17) is 4.74 Å². The Balaban J connectivity index is 1.44. The van der Waals surface area contributed by atoms with Crippen LogP contribution < -0.4 is 10.6 Å². The van der Waals surface area contributed by atoms with Crippen molar-refractivity contribution >= 4 is 11.8 Å². The zero-order chi connectivity index (χ0) is 16.2. The standard InChI is InChI=1S/C17H26N4O2/c1-16(2,3)21-12(5-9-18-21)19-15(22)20-13-11-6-10-23-14(11)17(13)7-4-8-17/h5,9,11,13-14H,4,6-8,10H2,1-3H3,(H2,19,20,22)/t11-,13+,14-/m0/s1. The fourth-order valence-corrected chi connectivity index (χ4v) is 4.68. The Morgan fingerprint density at radius 3 is 2.87 bits per heavy atom. The van der Waals surface area contributed by atoms with Gasteiger partial charge in [-0.2, -0.15) is 5.10 Å². The van der Waals surface area contributed by atoms with Gasteiger partial charge in [-0.1, -0.05) is 6.42 Å². The van der Waals surface area contributed by atoms with E-state index < -0.39 is 0 Å². The molecule has 2 heterocycles. The number of hydrogen-bond donors (Lipinski definition) is 2. The molecule has 3 fully saturated rings. The average molecular weight is 318 g/mol. The summed E-state index contributed by atoms with van der Waals surface area (Å²) in [7, 11) is 0. The van der Waals surface area contributed by atoms with Crippen LogP contribution in [0.5, 0.6) is 0 Å². The first kappa shape index (κ1) is 15.0. The number of nitrogens with zero attached hydrogens (tertiary/aromatic N) is 2. The highest BCUT2D eigenvalue weighted by Crippen LogP contribution is 2.62. The molecule has 3 atom stereocenters. The van der Waals surface area contributed by atoms with E-state index in [2.05, 4.69) is 36.5 Å². The first-order valence-electron chi connectivity index (χ1n) is 8.65. The van der Waals surface area contributed by atoms with Gasteiger partial charge in [0.2, 0.25) is 0 Å². The number of anilines is 1. The molecule has 6 heteroatoms. The van der Waals surface area contributed by atoms with E-state index in [1.807, 2.05) is 10.7 Å². The maximum Gasteiger partial charge on any atom is 0.320 e. The zero-order valence-corrected chi connectivity index (χ0v) is 14.1. The van der Waals surface area contributed by atoms with Crippen molar-refractivity contribution in [3.63, 3.8) is 0 Å². The van der Waals surface area contributed by atoms with E-state index in [-0.39, 0.29) is 23.0 Å². The molecule has 0 aromatic carbocycles. The highest BCUT2D eigenvalue weighted by atomic mass is 16.5. The van der Waals surface area contributed by atoms with Crippen LogP contribution in [0.15, 0.2) is 12.3 Å². The quantitative estimate of drug-likeness (QED) is 0.881. The normalized spacial score (nSPS) is 31.2. The van der Waals surface area contributed by atoms with Crippen LogP contribution in [0.3, 0.4) is 0 Å². The van der Waals surface area contributed by atoms with Gasteiger partial charge in [0.1, 0.15) is 5.82 Å². The minimum absolute atomic E-state index is 0.127. The van der Waals surface area contributed by atoms with Gasteiger partial charge in [0, 0.05) is 30.0 Å². The van der Waals surface area contributed by atoms with Crippen molar-refractivity contribution in [2.75, 3.05) is 11.9 Å². The molecule has 0 unspecified atom stereocenters. The monoisotopic (exact) mass is 318 g/mol. The number of amides is 2. The zero-order valence-electron chi connectivity index (χ0n) is 14.1. The van der Waals surface area contributed by atoms with Crippen molar-refractivity contribution < 1.29 is 9.53 Å². The minimum Gasteiger partial charge on any atom is -0.377 e. The molecule has 126 valence electrons. The summed E-state index contributed by atoms with van der Waals surface area (Å²) in [5, 5.41) is 10.5. The molecule has 2 amide bonds. The molecule has 0 bridgehead atoms. The Morgan fingerprint density at radius 1 is 1.43 bits per heavy atom. The average Bonchev–Trinajstić information content (AvgIpc) is 3.01. The van der Waals surface area contributed by atoms with Crippen LogP contribution in [0.1, 0.15) is 46.5 Å².